The van der Waals surface area contributed by atoms with Crippen LogP contribution >= 0.6 is 0 Å². The van der Waals surface area contributed by atoms with Crippen molar-refractivity contribution in [2.24, 2.45) is 0 Å². The van der Waals surface area contributed by atoms with Crippen molar-refractivity contribution in [1.29, 1.82) is 0 Å². The summed E-state index contributed by atoms with van der Waals surface area (Å²) in [7, 11) is 3.94. The average molecular weight is 250 g/mol. The molecular formula is C14H22N2O2. The maximum atomic E-state index is 11.3. The second-order valence-electron chi connectivity index (χ2n) is 4.59. The van der Waals surface area contributed by atoms with Crippen molar-refractivity contribution in [3.8, 4) is 5.75 Å². The lowest BCUT2D eigenvalue weighted by Gasteiger charge is -2.17. The molecule has 4 heteroatoms. The van der Waals surface area contributed by atoms with E-state index < -0.39 is 0 Å². The Morgan fingerprint density at radius 2 is 2.17 bits per heavy atom. The molecule has 0 aromatic heterocycles. The van der Waals surface area contributed by atoms with Gasteiger partial charge in [0.15, 0.2) is 5.78 Å². The zero-order valence-electron chi connectivity index (χ0n) is 11.4. The second-order valence-corrected chi connectivity index (χ2v) is 4.59. The van der Waals surface area contributed by atoms with Gasteiger partial charge in [0.25, 0.3) is 0 Å². The third-order valence-electron chi connectivity index (χ3n) is 2.89. The first-order valence-corrected chi connectivity index (χ1v) is 6.20. The number of hydrogen-bond acceptors (Lipinski definition) is 4. The molecule has 0 aliphatic carbocycles. The molecule has 0 unspecified atom stereocenters. The summed E-state index contributed by atoms with van der Waals surface area (Å²) >= 11 is 0. The third kappa shape index (κ3) is 4.47. The average Bonchev–Trinajstić information content (AvgIpc) is 2.32. The summed E-state index contributed by atoms with van der Waals surface area (Å²) < 4.78 is 0. The molecule has 1 aromatic rings. The number of carbonyl (C=O) groups excluding carboxylic acids is 1. The quantitative estimate of drug-likeness (QED) is 0.570. The molecule has 4 nitrogen and oxygen atoms in total. The molecule has 0 fully saturated rings. The Labute approximate surface area is 109 Å². The van der Waals surface area contributed by atoms with Crippen molar-refractivity contribution in [1.82, 2.24) is 10.2 Å². The summed E-state index contributed by atoms with van der Waals surface area (Å²) in [4.78, 5) is 13.4. The van der Waals surface area contributed by atoms with Crippen LogP contribution in [0.4, 0.5) is 0 Å². The van der Waals surface area contributed by atoms with Crippen LogP contribution in [0.15, 0.2) is 18.2 Å². The minimum absolute atomic E-state index is 0.0223. The molecule has 1 aromatic carbocycles. The first-order valence-electron chi connectivity index (χ1n) is 6.20. The van der Waals surface area contributed by atoms with Gasteiger partial charge < -0.3 is 15.3 Å². The Bertz CT molecular complexity index is 405. The molecule has 0 saturated carbocycles. The highest BCUT2D eigenvalue weighted by molar-refractivity contribution is 5.94. The largest absolute Gasteiger partial charge is 0.508 e. The van der Waals surface area contributed by atoms with Gasteiger partial charge in [-0.25, -0.2) is 0 Å². The van der Waals surface area contributed by atoms with Gasteiger partial charge >= 0.3 is 0 Å². The van der Waals surface area contributed by atoms with Crippen molar-refractivity contribution in [2.45, 2.75) is 19.9 Å². The summed E-state index contributed by atoms with van der Waals surface area (Å²) in [6, 6.07) is 5.02. The van der Waals surface area contributed by atoms with E-state index in [4.69, 9.17) is 0 Å². The van der Waals surface area contributed by atoms with Gasteiger partial charge in [0.1, 0.15) is 5.75 Å². The fraction of sp³-hybridized carbons (Fsp3) is 0.500. The molecular weight excluding hydrogens is 228 g/mol. The van der Waals surface area contributed by atoms with Crippen molar-refractivity contribution in [3.05, 3.63) is 29.3 Å². The number of nitrogens with one attached hydrogen (secondary N) is 1. The Hall–Kier alpha value is -1.39. The number of aromatic hydroxyl groups is 1. The maximum absolute atomic E-state index is 11.3. The molecule has 0 bridgehead atoms. The number of ketones is 1. The molecule has 18 heavy (non-hydrogen) atoms. The molecule has 0 aliphatic rings. The predicted molar refractivity (Wildman–Crippen MR) is 73.0 cm³/mol. The minimum atomic E-state index is 0.0223. The van der Waals surface area contributed by atoms with Crippen molar-refractivity contribution in [2.75, 3.05) is 27.2 Å². The summed E-state index contributed by atoms with van der Waals surface area (Å²) in [6.07, 6.45) is 1.06. The molecule has 0 saturated heterocycles. The van der Waals surface area contributed by atoms with Crippen LogP contribution in [0.1, 0.15) is 29.3 Å². The van der Waals surface area contributed by atoms with E-state index in [2.05, 4.69) is 10.2 Å². The first kappa shape index (κ1) is 14.7. The Morgan fingerprint density at radius 3 is 2.78 bits per heavy atom. The van der Waals surface area contributed by atoms with Crippen LogP contribution in [0.2, 0.25) is 0 Å². The van der Waals surface area contributed by atoms with Crippen molar-refractivity contribution >= 4 is 5.78 Å². The van der Waals surface area contributed by atoms with Gasteiger partial charge in [-0.15, -0.1) is 0 Å². The topological polar surface area (TPSA) is 52.6 Å². The number of nitrogens with zero attached hydrogens (tertiary/aromatic N) is 1. The van der Waals surface area contributed by atoms with Crippen LogP contribution in [0.25, 0.3) is 0 Å². The number of Topliss-reactive ketones (excluding diaryl/α,β-unsaturated/α-hetero) is 1. The van der Waals surface area contributed by atoms with E-state index in [1.807, 2.05) is 14.1 Å². The van der Waals surface area contributed by atoms with E-state index in [9.17, 15) is 9.90 Å². The van der Waals surface area contributed by atoms with E-state index in [1.54, 1.807) is 18.2 Å². The molecule has 0 aliphatic heterocycles. The maximum Gasteiger partial charge on any atom is 0.159 e. The standard InChI is InChI=1S/C14H22N2O2/c1-11(17)12-5-6-14(18)13(9-12)10-16(3)8-4-7-15-2/h5-6,9,15,18H,4,7-8,10H2,1-3H3. The zero-order chi connectivity index (χ0) is 13.5. The van der Waals surface area contributed by atoms with Gasteiger partial charge in [0.2, 0.25) is 0 Å². The molecule has 0 heterocycles. The van der Waals surface area contributed by atoms with E-state index in [0.717, 1.165) is 25.1 Å². The third-order valence-corrected chi connectivity index (χ3v) is 2.89. The minimum Gasteiger partial charge on any atom is -0.508 e. The lowest BCUT2D eigenvalue weighted by Crippen LogP contribution is -2.22. The van der Waals surface area contributed by atoms with Crippen molar-refractivity contribution in [3.63, 3.8) is 0 Å². The number of hydrogen-bond donors (Lipinski definition) is 2. The first-order chi connectivity index (χ1) is 8.54. The van der Waals surface area contributed by atoms with Gasteiger partial charge in [-0.2, -0.15) is 0 Å². The van der Waals surface area contributed by atoms with E-state index in [0.29, 0.717) is 12.1 Å². The van der Waals surface area contributed by atoms with Crippen LogP contribution in [-0.2, 0) is 6.54 Å². The molecule has 0 radical (unpaired) electrons. The monoisotopic (exact) mass is 250 g/mol. The number of benzene rings is 1. The highest BCUT2D eigenvalue weighted by Crippen LogP contribution is 2.20. The van der Waals surface area contributed by atoms with Crippen LogP contribution in [0.5, 0.6) is 5.75 Å². The smallest absolute Gasteiger partial charge is 0.159 e. The highest BCUT2D eigenvalue weighted by Gasteiger charge is 2.08. The Kier molecular flexibility index (Phi) is 5.82. The molecule has 0 amide bonds. The van der Waals surface area contributed by atoms with Gasteiger partial charge in [-0.3, -0.25) is 4.79 Å². The van der Waals surface area contributed by atoms with Crippen LogP contribution in [0.3, 0.4) is 0 Å². The lowest BCUT2D eigenvalue weighted by atomic mass is 10.1. The van der Waals surface area contributed by atoms with E-state index >= 15 is 0 Å². The van der Waals surface area contributed by atoms with Gasteiger partial charge in [0.05, 0.1) is 0 Å². The van der Waals surface area contributed by atoms with Gasteiger partial charge in [-0.05, 0) is 58.7 Å². The zero-order valence-corrected chi connectivity index (χ0v) is 11.4. The molecule has 0 spiro atoms. The van der Waals surface area contributed by atoms with E-state index in [1.165, 1.54) is 6.92 Å². The lowest BCUT2D eigenvalue weighted by molar-refractivity contribution is 0.101. The summed E-state index contributed by atoms with van der Waals surface area (Å²) in [5, 5.41) is 12.9. The molecule has 0 atom stereocenters. The number of carbonyl (C=O) groups is 1. The molecule has 2 N–H and O–H groups in total. The van der Waals surface area contributed by atoms with Crippen molar-refractivity contribution < 1.29 is 9.90 Å². The Morgan fingerprint density at radius 1 is 1.44 bits per heavy atom. The van der Waals surface area contributed by atoms with Crippen LogP contribution in [-0.4, -0.2) is 43.0 Å². The van der Waals surface area contributed by atoms with Gasteiger partial charge in [-0.1, -0.05) is 0 Å². The fourth-order valence-electron chi connectivity index (χ4n) is 1.83. The Balaban J connectivity index is 2.65. The fourth-order valence-corrected chi connectivity index (χ4v) is 1.83. The van der Waals surface area contributed by atoms with Crippen LogP contribution < -0.4 is 5.32 Å². The highest BCUT2D eigenvalue weighted by atomic mass is 16.3. The second kappa shape index (κ2) is 7.13. The SMILES string of the molecule is CNCCCN(C)Cc1cc(C(C)=O)ccc1O. The normalized spacial score (nSPS) is 10.9. The summed E-state index contributed by atoms with van der Waals surface area (Å²) in [5.41, 5.74) is 1.45. The number of phenolic OH excluding ortho intramolecular Hbond substituents is 1. The summed E-state index contributed by atoms with van der Waals surface area (Å²) in [6.45, 7) is 4.11. The predicted octanol–water partition coefficient (Wildman–Crippen LogP) is 1.64. The summed E-state index contributed by atoms with van der Waals surface area (Å²) in [5.74, 6) is 0.273. The number of phenols is 1. The van der Waals surface area contributed by atoms with E-state index in [-0.39, 0.29) is 11.5 Å². The molecule has 100 valence electrons. The number of rotatable bonds is 7. The van der Waals surface area contributed by atoms with Crippen LogP contribution in [0, 0.1) is 0 Å². The molecule has 1 rings (SSSR count). The van der Waals surface area contributed by atoms with Gasteiger partial charge in [0, 0.05) is 17.7 Å².